The highest BCUT2D eigenvalue weighted by Gasteiger charge is 2.35. The van der Waals surface area contributed by atoms with E-state index in [1.54, 1.807) is 30.3 Å². The molecule has 2 atom stereocenters. The number of hydrogen-bond donors (Lipinski definition) is 2. The molecule has 2 fully saturated rings. The molecule has 1 aliphatic heterocycles. The van der Waals surface area contributed by atoms with Crippen LogP contribution in [-0.4, -0.2) is 36.6 Å². The standard InChI is InChI=1S/C24H27ClN2O3.ClH/c25-20-9-10-22(27-14-18-3-1-2-4-19(18)15-27)21(13-20)23(28)26-12-11-16-5-7-17(8-6-16)24(29)30;/h5-10,13,18-19H,1-4,11-12,14-15H2,(H,26,28)(H,29,30);1H. The fourth-order valence-electron chi connectivity index (χ4n) is 4.80. The second-order valence-corrected chi connectivity index (χ2v) is 8.82. The number of aromatic carboxylic acids is 1. The summed E-state index contributed by atoms with van der Waals surface area (Å²) in [5, 5.41) is 12.5. The minimum absolute atomic E-state index is 0. The van der Waals surface area contributed by atoms with E-state index in [1.807, 2.05) is 12.1 Å². The maximum Gasteiger partial charge on any atom is 0.335 e. The fourth-order valence-corrected chi connectivity index (χ4v) is 4.97. The van der Waals surface area contributed by atoms with Crippen molar-refractivity contribution in [3.63, 3.8) is 0 Å². The summed E-state index contributed by atoms with van der Waals surface area (Å²) in [6.45, 7) is 2.51. The molecule has 0 aromatic heterocycles. The first-order valence-electron chi connectivity index (χ1n) is 10.7. The highest BCUT2D eigenvalue weighted by atomic mass is 35.5. The topological polar surface area (TPSA) is 69.6 Å². The number of carbonyl (C=O) groups excluding carboxylic acids is 1. The number of anilines is 1. The molecule has 2 aromatic rings. The van der Waals surface area contributed by atoms with Gasteiger partial charge in [0.05, 0.1) is 11.1 Å². The number of carboxylic acids is 1. The lowest BCUT2D eigenvalue weighted by Crippen LogP contribution is -2.29. The van der Waals surface area contributed by atoms with Gasteiger partial charge in [-0.05, 0) is 67.0 Å². The van der Waals surface area contributed by atoms with Crippen molar-refractivity contribution in [2.75, 3.05) is 24.5 Å². The molecular formula is C24H28Cl2N2O3. The molecule has 0 radical (unpaired) electrons. The number of amides is 1. The molecule has 1 saturated heterocycles. The molecule has 5 nitrogen and oxygen atoms in total. The van der Waals surface area contributed by atoms with Crippen LogP contribution in [0.3, 0.4) is 0 Å². The van der Waals surface area contributed by atoms with Gasteiger partial charge in [0.2, 0.25) is 0 Å². The Morgan fingerprint density at radius 3 is 2.29 bits per heavy atom. The van der Waals surface area contributed by atoms with E-state index in [4.69, 9.17) is 16.7 Å². The summed E-state index contributed by atoms with van der Waals surface area (Å²) in [7, 11) is 0. The van der Waals surface area contributed by atoms with E-state index in [2.05, 4.69) is 10.2 Å². The molecule has 31 heavy (non-hydrogen) atoms. The molecule has 2 aromatic carbocycles. The number of nitrogens with zero attached hydrogens (tertiary/aromatic N) is 1. The number of carboxylic acid groups (broad SMARTS) is 1. The van der Waals surface area contributed by atoms with Gasteiger partial charge in [-0.15, -0.1) is 12.4 Å². The third-order valence-electron chi connectivity index (χ3n) is 6.42. The third-order valence-corrected chi connectivity index (χ3v) is 6.66. The minimum atomic E-state index is -0.940. The largest absolute Gasteiger partial charge is 0.478 e. The Balaban J connectivity index is 0.00000272. The Hall–Kier alpha value is -2.24. The van der Waals surface area contributed by atoms with Crippen LogP contribution in [0.2, 0.25) is 5.02 Å². The van der Waals surface area contributed by atoms with Gasteiger partial charge in [0, 0.05) is 30.3 Å². The SMILES string of the molecule is Cl.O=C(O)c1ccc(CCNC(=O)c2cc(Cl)ccc2N2CC3CCCCC3C2)cc1. The highest BCUT2D eigenvalue weighted by Crippen LogP contribution is 2.39. The Kier molecular flexibility index (Phi) is 7.84. The van der Waals surface area contributed by atoms with Crippen molar-refractivity contribution in [1.82, 2.24) is 5.32 Å². The van der Waals surface area contributed by atoms with Gasteiger partial charge in [0.1, 0.15) is 0 Å². The summed E-state index contributed by atoms with van der Waals surface area (Å²) in [5.74, 6) is 0.410. The Morgan fingerprint density at radius 1 is 1.03 bits per heavy atom. The van der Waals surface area contributed by atoms with Gasteiger partial charge in [-0.2, -0.15) is 0 Å². The van der Waals surface area contributed by atoms with E-state index in [0.717, 1.165) is 36.2 Å². The molecule has 166 valence electrons. The van der Waals surface area contributed by atoms with Gasteiger partial charge < -0.3 is 15.3 Å². The zero-order valence-electron chi connectivity index (χ0n) is 17.4. The highest BCUT2D eigenvalue weighted by molar-refractivity contribution is 6.31. The first-order chi connectivity index (χ1) is 14.5. The van der Waals surface area contributed by atoms with E-state index in [1.165, 1.54) is 25.7 Å². The number of fused-ring (bicyclic) bond motifs is 1. The maximum atomic E-state index is 12.9. The van der Waals surface area contributed by atoms with Crippen molar-refractivity contribution in [3.05, 3.63) is 64.2 Å². The van der Waals surface area contributed by atoms with Crippen LogP contribution in [0.15, 0.2) is 42.5 Å². The van der Waals surface area contributed by atoms with Gasteiger partial charge in [0.25, 0.3) is 5.91 Å². The quantitative estimate of drug-likeness (QED) is 0.629. The van der Waals surface area contributed by atoms with Crippen LogP contribution >= 0.6 is 24.0 Å². The van der Waals surface area contributed by atoms with Crippen LogP contribution < -0.4 is 10.2 Å². The lowest BCUT2D eigenvalue weighted by molar-refractivity contribution is 0.0696. The summed E-state index contributed by atoms with van der Waals surface area (Å²) in [4.78, 5) is 26.3. The molecule has 1 heterocycles. The summed E-state index contributed by atoms with van der Waals surface area (Å²) < 4.78 is 0. The van der Waals surface area contributed by atoms with Crippen molar-refractivity contribution in [2.24, 2.45) is 11.8 Å². The number of benzene rings is 2. The van der Waals surface area contributed by atoms with Gasteiger partial charge in [0.15, 0.2) is 0 Å². The van der Waals surface area contributed by atoms with Crippen LogP contribution in [0.1, 0.15) is 52.0 Å². The first-order valence-corrected chi connectivity index (χ1v) is 11.0. The number of carbonyl (C=O) groups is 2. The molecule has 2 unspecified atom stereocenters. The molecule has 1 aliphatic carbocycles. The predicted molar refractivity (Wildman–Crippen MR) is 126 cm³/mol. The van der Waals surface area contributed by atoms with Gasteiger partial charge in [-0.1, -0.05) is 36.6 Å². The van der Waals surface area contributed by atoms with Crippen molar-refractivity contribution < 1.29 is 14.7 Å². The number of hydrogen-bond acceptors (Lipinski definition) is 3. The average Bonchev–Trinajstić information content (AvgIpc) is 3.18. The molecular weight excluding hydrogens is 435 g/mol. The van der Waals surface area contributed by atoms with E-state index in [0.29, 0.717) is 23.6 Å². The second-order valence-electron chi connectivity index (χ2n) is 8.38. The van der Waals surface area contributed by atoms with Crippen LogP contribution in [0, 0.1) is 11.8 Å². The lowest BCUT2D eigenvalue weighted by Gasteiger charge is -2.22. The first kappa shape index (κ1) is 23.4. The monoisotopic (exact) mass is 462 g/mol. The normalized spacial score (nSPS) is 20.0. The molecule has 2 aliphatic rings. The molecule has 7 heteroatoms. The number of halogens is 2. The maximum absolute atomic E-state index is 12.9. The van der Waals surface area contributed by atoms with E-state index >= 15 is 0 Å². The van der Waals surface area contributed by atoms with E-state index in [9.17, 15) is 9.59 Å². The Morgan fingerprint density at radius 2 is 1.68 bits per heavy atom. The third kappa shape index (κ3) is 5.52. The fraction of sp³-hybridized carbons (Fsp3) is 0.417. The van der Waals surface area contributed by atoms with Crippen molar-refractivity contribution in [2.45, 2.75) is 32.1 Å². The second kappa shape index (κ2) is 10.4. The summed E-state index contributed by atoms with van der Waals surface area (Å²) in [6.07, 6.45) is 5.84. The van der Waals surface area contributed by atoms with Crippen molar-refractivity contribution in [3.8, 4) is 0 Å². The van der Waals surface area contributed by atoms with Gasteiger partial charge >= 0.3 is 5.97 Å². The minimum Gasteiger partial charge on any atom is -0.478 e. The summed E-state index contributed by atoms with van der Waals surface area (Å²) in [6, 6.07) is 12.3. The Bertz CT molecular complexity index is 919. The van der Waals surface area contributed by atoms with Gasteiger partial charge in [-0.3, -0.25) is 4.79 Å². The zero-order chi connectivity index (χ0) is 21.1. The molecule has 0 bridgehead atoms. The molecule has 1 saturated carbocycles. The zero-order valence-corrected chi connectivity index (χ0v) is 18.9. The summed E-state index contributed by atoms with van der Waals surface area (Å²) in [5.41, 5.74) is 2.84. The number of nitrogens with one attached hydrogen (secondary N) is 1. The van der Waals surface area contributed by atoms with Gasteiger partial charge in [-0.25, -0.2) is 4.79 Å². The van der Waals surface area contributed by atoms with Crippen LogP contribution in [0.5, 0.6) is 0 Å². The van der Waals surface area contributed by atoms with Crippen molar-refractivity contribution >= 4 is 41.6 Å². The lowest BCUT2D eigenvalue weighted by atomic mass is 9.82. The van der Waals surface area contributed by atoms with Crippen LogP contribution in [0.4, 0.5) is 5.69 Å². The Labute approximate surface area is 194 Å². The van der Waals surface area contributed by atoms with Crippen molar-refractivity contribution in [1.29, 1.82) is 0 Å². The molecule has 4 rings (SSSR count). The molecule has 2 N–H and O–H groups in total. The predicted octanol–water partition coefficient (Wildman–Crippen LogP) is 5.06. The number of rotatable bonds is 6. The molecule has 1 amide bonds. The van der Waals surface area contributed by atoms with E-state index in [-0.39, 0.29) is 23.9 Å². The molecule has 0 spiro atoms. The van der Waals surface area contributed by atoms with Crippen LogP contribution in [0.25, 0.3) is 0 Å². The van der Waals surface area contributed by atoms with Crippen LogP contribution in [-0.2, 0) is 6.42 Å². The average molecular weight is 463 g/mol. The smallest absolute Gasteiger partial charge is 0.335 e. The van der Waals surface area contributed by atoms with E-state index < -0.39 is 5.97 Å². The summed E-state index contributed by atoms with van der Waals surface area (Å²) >= 11 is 6.21.